The van der Waals surface area contributed by atoms with Crippen LogP contribution in [0.4, 0.5) is 0 Å². The molecule has 28 heavy (non-hydrogen) atoms. The highest BCUT2D eigenvalue weighted by atomic mass is 32.2. The number of hydrogen-bond acceptors (Lipinski definition) is 6. The Labute approximate surface area is 167 Å². The Morgan fingerprint density at radius 2 is 1.68 bits per heavy atom. The van der Waals surface area contributed by atoms with Crippen molar-refractivity contribution >= 4 is 19.9 Å². The first-order chi connectivity index (χ1) is 13.2. The Bertz CT molecular complexity index is 866. The lowest BCUT2D eigenvalue weighted by Crippen LogP contribution is -2.46. The lowest BCUT2D eigenvalue weighted by atomic mass is 9.74. The first kappa shape index (κ1) is 21.7. The molecule has 0 radical (unpaired) electrons. The van der Waals surface area contributed by atoms with E-state index in [4.69, 9.17) is 4.74 Å². The molecular weight excluding hydrogens is 402 g/mol. The molecule has 7 nitrogen and oxygen atoms in total. The number of nitrogens with zero attached hydrogens (tertiary/aromatic N) is 1. The number of aliphatic hydroxyl groups is 1. The number of hydrogen-bond donors (Lipinski definition) is 1. The number of ether oxygens (including phenoxy) is 1. The molecule has 0 spiro atoms. The molecular formula is C19H29NO6S2. The molecule has 1 aromatic carbocycles. The maximum absolute atomic E-state index is 12.9. The molecule has 1 atom stereocenters. The van der Waals surface area contributed by atoms with Gasteiger partial charge in [-0.2, -0.15) is 4.31 Å². The minimum atomic E-state index is -3.69. The van der Waals surface area contributed by atoms with E-state index in [1.54, 1.807) is 0 Å². The van der Waals surface area contributed by atoms with Crippen LogP contribution in [0, 0.1) is 5.41 Å². The SMILES string of the molecule is CS(=O)(=O)c1ccc(S(=O)(=O)N2CCC(CO)(C[C@H]3CCCCO3)CC2)cc1. The van der Waals surface area contributed by atoms with Gasteiger partial charge in [-0.25, -0.2) is 16.8 Å². The minimum absolute atomic E-state index is 0.0316. The van der Waals surface area contributed by atoms with Crippen LogP contribution < -0.4 is 0 Å². The van der Waals surface area contributed by atoms with Crippen molar-refractivity contribution in [3.8, 4) is 0 Å². The topological polar surface area (TPSA) is 101 Å². The van der Waals surface area contributed by atoms with Gasteiger partial charge < -0.3 is 9.84 Å². The fourth-order valence-corrected chi connectivity index (χ4v) is 6.16. The fourth-order valence-electron chi connectivity index (χ4n) is 4.09. The number of sulfone groups is 1. The Morgan fingerprint density at radius 3 is 2.18 bits per heavy atom. The van der Waals surface area contributed by atoms with Gasteiger partial charge in [-0.1, -0.05) is 0 Å². The molecule has 0 aromatic heterocycles. The predicted octanol–water partition coefficient (Wildman–Crippen LogP) is 1.81. The van der Waals surface area contributed by atoms with Gasteiger partial charge >= 0.3 is 0 Å². The summed E-state index contributed by atoms with van der Waals surface area (Å²) in [5.74, 6) is 0. The van der Waals surface area contributed by atoms with Crippen molar-refractivity contribution in [2.45, 2.75) is 54.4 Å². The first-order valence-electron chi connectivity index (χ1n) is 9.69. The molecule has 2 fully saturated rings. The number of piperidine rings is 1. The van der Waals surface area contributed by atoms with E-state index >= 15 is 0 Å². The van der Waals surface area contributed by atoms with E-state index in [2.05, 4.69) is 0 Å². The number of benzene rings is 1. The third-order valence-electron chi connectivity index (χ3n) is 5.94. The van der Waals surface area contributed by atoms with Crippen LogP contribution in [0.1, 0.15) is 38.5 Å². The Hall–Kier alpha value is -1.00. The molecule has 0 aliphatic carbocycles. The molecule has 2 heterocycles. The maximum Gasteiger partial charge on any atom is 0.243 e. The summed E-state index contributed by atoms with van der Waals surface area (Å²) >= 11 is 0. The van der Waals surface area contributed by atoms with Crippen molar-refractivity contribution in [3.63, 3.8) is 0 Å². The smallest absolute Gasteiger partial charge is 0.243 e. The molecule has 158 valence electrons. The van der Waals surface area contributed by atoms with Gasteiger partial charge in [-0.3, -0.25) is 0 Å². The highest BCUT2D eigenvalue weighted by molar-refractivity contribution is 7.90. The third kappa shape index (κ3) is 4.76. The van der Waals surface area contributed by atoms with Crippen LogP contribution in [0.5, 0.6) is 0 Å². The van der Waals surface area contributed by atoms with Gasteiger partial charge in [0, 0.05) is 32.6 Å². The van der Waals surface area contributed by atoms with Crippen LogP contribution in [0.15, 0.2) is 34.1 Å². The van der Waals surface area contributed by atoms with Crippen molar-refractivity contribution in [1.29, 1.82) is 0 Å². The van der Waals surface area contributed by atoms with Crippen LogP contribution in [-0.4, -0.2) is 64.9 Å². The van der Waals surface area contributed by atoms with Gasteiger partial charge in [0.25, 0.3) is 0 Å². The van der Waals surface area contributed by atoms with Crippen LogP contribution in [0.25, 0.3) is 0 Å². The van der Waals surface area contributed by atoms with Gasteiger partial charge in [0.2, 0.25) is 10.0 Å². The van der Waals surface area contributed by atoms with Crippen LogP contribution in [-0.2, 0) is 24.6 Å². The summed E-state index contributed by atoms with van der Waals surface area (Å²) in [6, 6.07) is 5.33. The van der Waals surface area contributed by atoms with Crippen LogP contribution >= 0.6 is 0 Å². The largest absolute Gasteiger partial charge is 0.396 e. The first-order valence-corrected chi connectivity index (χ1v) is 13.0. The molecule has 3 rings (SSSR count). The Kier molecular flexibility index (Phi) is 6.51. The predicted molar refractivity (Wildman–Crippen MR) is 105 cm³/mol. The monoisotopic (exact) mass is 431 g/mol. The van der Waals surface area contributed by atoms with E-state index in [0.717, 1.165) is 38.5 Å². The van der Waals surface area contributed by atoms with Crippen molar-refractivity contribution in [3.05, 3.63) is 24.3 Å². The van der Waals surface area contributed by atoms with Crippen molar-refractivity contribution in [2.24, 2.45) is 5.41 Å². The molecule has 1 aromatic rings. The van der Waals surface area contributed by atoms with E-state index in [1.807, 2.05) is 0 Å². The second-order valence-electron chi connectivity index (χ2n) is 8.00. The summed E-state index contributed by atoms with van der Waals surface area (Å²) in [4.78, 5) is 0.184. The molecule has 9 heteroatoms. The third-order valence-corrected chi connectivity index (χ3v) is 8.98. The summed E-state index contributed by atoms with van der Waals surface area (Å²) in [5, 5.41) is 10.0. The van der Waals surface area contributed by atoms with E-state index < -0.39 is 19.9 Å². The number of aliphatic hydroxyl groups excluding tert-OH is 1. The summed E-state index contributed by atoms with van der Waals surface area (Å²) in [6.07, 6.45) is 6.38. The average molecular weight is 432 g/mol. The number of sulfonamides is 1. The second kappa shape index (κ2) is 8.39. The van der Waals surface area contributed by atoms with Crippen LogP contribution in [0.3, 0.4) is 0 Å². The van der Waals surface area contributed by atoms with Gasteiger partial charge in [-0.15, -0.1) is 0 Å². The van der Waals surface area contributed by atoms with Crippen molar-refractivity contribution in [2.75, 3.05) is 32.6 Å². The highest BCUT2D eigenvalue weighted by Gasteiger charge is 2.40. The van der Waals surface area contributed by atoms with E-state index in [0.29, 0.717) is 25.9 Å². The molecule has 2 saturated heterocycles. The fraction of sp³-hybridized carbons (Fsp3) is 0.684. The summed E-state index contributed by atoms with van der Waals surface area (Å²) in [5.41, 5.74) is -0.297. The van der Waals surface area contributed by atoms with Gasteiger partial charge in [0.15, 0.2) is 9.84 Å². The van der Waals surface area contributed by atoms with Gasteiger partial charge in [0.05, 0.1) is 15.9 Å². The molecule has 0 amide bonds. The average Bonchev–Trinajstić information content (AvgIpc) is 2.68. The Balaban J connectivity index is 1.68. The summed E-state index contributed by atoms with van der Waals surface area (Å²) in [6.45, 7) is 1.47. The Morgan fingerprint density at radius 1 is 1.07 bits per heavy atom. The molecule has 2 aliphatic heterocycles. The molecule has 0 saturated carbocycles. The number of rotatable bonds is 6. The zero-order valence-electron chi connectivity index (χ0n) is 16.2. The summed E-state index contributed by atoms with van der Waals surface area (Å²) in [7, 11) is -7.06. The summed E-state index contributed by atoms with van der Waals surface area (Å²) < 4.78 is 56.2. The van der Waals surface area contributed by atoms with Crippen molar-refractivity contribution < 1.29 is 26.7 Å². The molecule has 0 unspecified atom stereocenters. The lowest BCUT2D eigenvalue weighted by Gasteiger charge is -2.42. The van der Waals surface area contributed by atoms with Crippen molar-refractivity contribution in [1.82, 2.24) is 4.31 Å². The second-order valence-corrected chi connectivity index (χ2v) is 12.0. The van der Waals surface area contributed by atoms with E-state index in [1.165, 1.54) is 28.6 Å². The maximum atomic E-state index is 12.9. The molecule has 0 bridgehead atoms. The standard InChI is InChI=1S/C19H29NO6S2/c1-27(22,23)17-5-7-18(8-6-17)28(24,25)20-11-9-19(15-21,10-12-20)14-16-4-2-3-13-26-16/h5-8,16,21H,2-4,9-15H2,1H3/t16-/m1/s1. The van der Waals surface area contributed by atoms with Gasteiger partial charge in [-0.05, 0) is 68.2 Å². The minimum Gasteiger partial charge on any atom is -0.396 e. The zero-order chi connectivity index (χ0) is 20.4. The van der Waals surface area contributed by atoms with Crippen LogP contribution in [0.2, 0.25) is 0 Å². The van der Waals surface area contributed by atoms with Gasteiger partial charge in [0.1, 0.15) is 0 Å². The molecule has 1 N–H and O–H groups in total. The normalized spacial score (nSPS) is 24.1. The zero-order valence-corrected chi connectivity index (χ0v) is 17.8. The lowest BCUT2D eigenvalue weighted by molar-refractivity contribution is -0.0421. The van der Waals surface area contributed by atoms with E-state index in [-0.39, 0.29) is 27.9 Å². The molecule has 2 aliphatic rings. The van der Waals surface area contributed by atoms with E-state index in [9.17, 15) is 21.9 Å². The quantitative estimate of drug-likeness (QED) is 0.737. The highest BCUT2D eigenvalue weighted by Crippen LogP contribution is 2.39.